The molecule has 1 aromatic rings. The Morgan fingerprint density at radius 3 is 3.25 bits per heavy atom. The number of hydrogen-bond acceptors (Lipinski definition) is 6. The Bertz CT molecular complexity index is 637. The van der Waals surface area contributed by atoms with Crippen LogP contribution in [0, 0.1) is 5.53 Å². The van der Waals surface area contributed by atoms with Gasteiger partial charge in [-0.05, 0) is 23.8 Å². The molecule has 2 aliphatic heterocycles. The number of dihydropyridines is 1. The molecule has 0 saturated carbocycles. The van der Waals surface area contributed by atoms with E-state index >= 15 is 0 Å². The number of carbonyl (C=O) groups excluding carboxylic acids is 1. The predicted molar refractivity (Wildman–Crippen MR) is 74.5 cm³/mol. The van der Waals surface area contributed by atoms with Crippen molar-refractivity contribution in [3.8, 4) is 0 Å². The van der Waals surface area contributed by atoms with Gasteiger partial charge in [0.2, 0.25) is 0 Å². The lowest BCUT2D eigenvalue weighted by molar-refractivity contribution is 0.0954. The summed E-state index contributed by atoms with van der Waals surface area (Å²) in [6.07, 6.45) is 4.32. The van der Waals surface area contributed by atoms with Crippen molar-refractivity contribution in [1.29, 1.82) is 5.53 Å². The Hall–Kier alpha value is -1.86. The fourth-order valence-electron chi connectivity index (χ4n) is 2.21. The molecule has 0 aromatic carbocycles. The Balaban J connectivity index is 1.98. The van der Waals surface area contributed by atoms with Gasteiger partial charge in [0.15, 0.2) is 0 Å². The minimum atomic E-state index is -0.373. The first-order chi connectivity index (χ1) is 9.69. The number of allylic oxidation sites excluding steroid dienone is 2. The number of nitrogens with zero attached hydrogens (tertiary/aromatic N) is 1. The third kappa shape index (κ3) is 2.30. The number of rotatable bonds is 2. The van der Waals surface area contributed by atoms with E-state index in [2.05, 4.69) is 16.0 Å². The molecule has 1 amide bonds. The Kier molecular flexibility index (Phi) is 3.45. The number of carbonyl (C=O) groups is 1. The molecule has 0 fully saturated rings. The van der Waals surface area contributed by atoms with E-state index in [4.69, 9.17) is 21.9 Å². The van der Waals surface area contributed by atoms with Crippen molar-refractivity contribution < 1.29 is 9.53 Å². The molecule has 3 N–H and O–H groups in total. The lowest BCUT2D eigenvalue weighted by Crippen LogP contribution is -2.23. The molecule has 1 atom stereocenters. The first-order valence-corrected chi connectivity index (χ1v) is 7.14. The molecule has 2 aliphatic rings. The average Bonchev–Trinajstić information content (AvgIpc) is 2.78. The van der Waals surface area contributed by atoms with Crippen LogP contribution in [-0.2, 0) is 11.2 Å². The highest BCUT2D eigenvalue weighted by atomic mass is 35.5. The second-order valence-corrected chi connectivity index (χ2v) is 5.80. The summed E-state index contributed by atoms with van der Waals surface area (Å²) >= 11 is 7.37. The molecule has 104 valence electrons. The number of ether oxygens (including phenoxy) is 1. The minimum Gasteiger partial charge on any atom is -0.495 e. The van der Waals surface area contributed by atoms with Gasteiger partial charge in [0, 0.05) is 11.3 Å². The van der Waals surface area contributed by atoms with Crippen LogP contribution in [0.2, 0.25) is 0 Å². The fourth-order valence-corrected chi connectivity index (χ4v) is 3.55. The standard InChI is InChI=1S/C12H11ClN4O2S/c13-9-2-1-7-10(15-9)11-6(3-4-19-7)5-8(20-11)12(18)16-17-14/h1-2,5,10,15H,3-4H2,(H2,14,16,18). The van der Waals surface area contributed by atoms with E-state index in [1.807, 2.05) is 12.1 Å². The maximum Gasteiger partial charge on any atom is 0.282 e. The highest BCUT2D eigenvalue weighted by molar-refractivity contribution is 7.14. The van der Waals surface area contributed by atoms with Gasteiger partial charge in [-0.1, -0.05) is 16.8 Å². The zero-order valence-electron chi connectivity index (χ0n) is 10.3. The molecule has 1 unspecified atom stereocenters. The molecule has 0 bridgehead atoms. The second-order valence-electron chi connectivity index (χ2n) is 4.31. The Morgan fingerprint density at radius 1 is 1.60 bits per heavy atom. The molecular weight excluding hydrogens is 300 g/mol. The summed E-state index contributed by atoms with van der Waals surface area (Å²) in [5, 5.41) is 6.59. The van der Waals surface area contributed by atoms with Crippen LogP contribution in [0.3, 0.4) is 0 Å². The van der Waals surface area contributed by atoms with E-state index in [1.165, 1.54) is 11.3 Å². The van der Waals surface area contributed by atoms with Crippen molar-refractivity contribution in [2.75, 3.05) is 6.61 Å². The number of amides is 1. The van der Waals surface area contributed by atoms with Crippen LogP contribution < -0.4 is 10.7 Å². The van der Waals surface area contributed by atoms with Crippen LogP contribution in [0.5, 0.6) is 0 Å². The van der Waals surface area contributed by atoms with Crippen LogP contribution >= 0.6 is 22.9 Å². The summed E-state index contributed by atoms with van der Waals surface area (Å²) < 4.78 is 5.70. The van der Waals surface area contributed by atoms with Crippen LogP contribution in [0.25, 0.3) is 0 Å². The van der Waals surface area contributed by atoms with Gasteiger partial charge in [-0.2, -0.15) is 5.53 Å². The van der Waals surface area contributed by atoms with Crippen molar-refractivity contribution in [3.63, 3.8) is 0 Å². The van der Waals surface area contributed by atoms with Gasteiger partial charge < -0.3 is 10.1 Å². The van der Waals surface area contributed by atoms with Crippen LogP contribution in [0.1, 0.15) is 26.2 Å². The number of thiophene rings is 1. The SMILES string of the molecule is N=NNC(=O)c1cc2c(s1)C1NC(Cl)=CC=C1OCC2. The summed E-state index contributed by atoms with van der Waals surface area (Å²) in [6.45, 7) is 0.559. The van der Waals surface area contributed by atoms with Crippen molar-refractivity contribution in [3.05, 3.63) is 44.5 Å². The van der Waals surface area contributed by atoms with Gasteiger partial charge in [-0.15, -0.1) is 11.3 Å². The summed E-state index contributed by atoms with van der Waals surface area (Å²) in [7, 11) is 0. The minimum absolute atomic E-state index is 0.163. The van der Waals surface area contributed by atoms with Gasteiger partial charge in [-0.3, -0.25) is 4.79 Å². The van der Waals surface area contributed by atoms with Crippen molar-refractivity contribution in [1.82, 2.24) is 10.7 Å². The van der Waals surface area contributed by atoms with E-state index in [0.717, 1.165) is 22.6 Å². The zero-order chi connectivity index (χ0) is 14.1. The predicted octanol–water partition coefficient (Wildman–Crippen LogP) is 2.60. The highest BCUT2D eigenvalue weighted by Crippen LogP contribution is 2.38. The molecule has 0 spiro atoms. The Morgan fingerprint density at radius 2 is 2.45 bits per heavy atom. The molecule has 3 heterocycles. The van der Waals surface area contributed by atoms with Gasteiger partial charge in [0.25, 0.3) is 5.91 Å². The lowest BCUT2D eigenvalue weighted by Gasteiger charge is -2.22. The molecule has 3 rings (SSSR count). The number of halogens is 1. The first-order valence-electron chi connectivity index (χ1n) is 5.95. The second kappa shape index (κ2) is 5.26. The summed E-state index contributed by atoms with van der Waals surface area (Å²) in [5.41, 5.74) is 9.86. The van der Waals surface area contributed by atoms with E-state index < -0.39 is 0 Å². The van der Waals surface area contributed by atoms with Gasteiger partial charge in [0.1, 0.15) is 17.0 Å². The highest BCUT2D eigenvalue weighted by Gasteiger charge is 2.29. The fraction of sp³-hybridized carbons (Fsp3) is 0.250. The molecule has 0 aliphatic carbocycles. The number of hydrogen-bond donors (Lipinski definition) is 3. The summed E-state index contributed by atoms with van der Waals surface area (Å²) in [5.74, 6) is 0.425. The maximum atomic E-state index is 11.8. The van der Waals surface area contributed by atoms with Gasteiger partial charge >= 0.3 is 0 Å². The molecule has 20 heavy (non-hydrogen) atoms. The van der Waals surface area contributed by atoms with Crippen molar-refractivity contribution >= 4 is 28.8 Å². The first kappa shape index (κ1) is 13.1. The van der Waals surface area contributed by atoms with Crippen molar-refractivity contribution in [2.45, 2.75) is 12.5 Å². The van der Waals surface area contributed by atoms with Gasteiger partial charge in [0.05, 0.1) is 11.5 Å². The van der Waals surface area contributed by atoms with E-state index in [-0.39, 0.29) is 11.9 Å². The number of nitrogens with one attached hydrogen (secondary N) is 3. The van der Waals surface area contributed by atoms with Crippen LogP contribution in [-0.4, -0.2) is 12.5 Å². The quantitative estimate of drug-likeness (QED) is 0.446. The smallest absolute Gasteiger partial charge is 0.282 e. The topological polar surface area (TPSA) is 86.6 Å². The molecule has 1 aromatic heterocycles. The normalized spacial score (nSPS) is 20.1. The Labute approximate surface area is 123 Å². The average molecular weight is 311 g/mol. The van der Waals surface area contributed by atoms with Crippen LogP contribution in [0.15, 0.2) is 34.4 Å². The molecule has 6 nitrogen and oxygen atoms in total. The van der Waals surface area contributed by atoms with E-state index in [0.29, 0.717) is 16.6 Å². The molecule has 0 radical (unpaired) electrons. The van der Waals surface area contributed by atoms with Crippen LogP contribution in [0.4, 0.5) is 0 Å². The molecule has 0 saturated heterocycles. The van der Waals surface area contributed by atoms with E-state index in [1.54, 1.807) is 6.08 Å². The largest absolute Gasteiger partial charge is 0.495 e. The third-order valence-corrected chi connectivity index (χ3v) is 4.56. The lowest BCUT2D eigenvalue weighted by atomic mass is 10.1. The summed E-state index contributed by atoms with van der Waals surface area (Å²) in [6, 6.07) is 1.66. The van der Waals surface area contributed by atoms with E-state index in [9.17, 15) is 4.79 Å². The summed E-state index contributed by atoms with van der Waals surface area (Å²) in [4.78, 5) is 13.3. The zero-order valence-corrected chi connectivity index (χ0v) is 11.8. The number of fused-ring (bicyclic) bond motifs is 3. The van der Waals surface area contributed by atoms with Gasteiger partial charge in [-0.25, -0.2) is 5.43 Å². The maximum absolute atomic E-state index is 11.8. The molecular formula is C12H11ClN4O2S. The van der Waals surface area contributed by atoms with Crippen molar-refractivity contribution in [2.24, 2.45) is 5.22 Å². The third-order valence-electron chi connectivity index (χ3n) is 3.09. The monoisotopic (exact) mass is 310 g/mol. The molecule has 8 heteroatoms.